The minimum absolute atomic E-state index is 0.0928. The van der Waals surface area contributed by atoms with Gasteiger partial charge in [0.2, 0.25) is 0 Å². The van der Waals surface area contributed by atoms with Gasteiger partial charge >= 0.3 is 0 Å². The van der Waals surface area contributed by atoms with Crippen LogP contribution in [0.5, 0.6) is 0 Å². The molecule has 3 nitrogen and oxygen atoms in total. The first-order valence-electron chi connectivity index (χ1n) is 6.92. The van der Waals surface area contributed by atoms with Gasteiger partial charge in [-0.1, -0.05) is 12.1 Å². The highest BCUT2D eigenvalue weighted by Gasteiger charge is 2.12. The van der Waals surface area contributed by atoms with Crippen molar-refractivity contribution in [1.29, 1.82) is 0 Å². The predicted molar refractivity (Wildman–Crippen MR) is 76.8 cm³/mol. The highest BCUT2D eigenvalue weighted by Crippen LogP contribution is 2.27. The van der Waals surface area contributed by atoms with Crippen LogP contribution in [0.2, 0.25) is 0 Å². The molecule has 0 amide bonds. The van der Waals surface area contributed by atoms with Crippen molar-refractivity contribution in [2.75, 3.05) is 0 Å². The molecule has 2 aromatic rings. The second kappa shape index (κ2) is 5.10. The van der Waals surface area contributed by atoms with Crippen molar-refractivity contribution < 1.29 is 0 Å². The highest BCUT2D eigenvalue weighted by atomic mass is 14.9. The Bertz CT molecular complexity index is 590. The molecular weight excluding hydrogens is 234 g/mol. The smallest absolute Gasteiger partial charge is 0.130 e. The van der Waals surface area contributed by atoms with Crippen LogP contribution >= 0.6 is 0 Å². The normalized spacial score (nSPS) is 15.3. The van der Waals surface area contributed by atoms with Crippen molar-refractivity contribution in [3.05, 3.63) is 47.4 Å². The third-order valence-corrected chi connectivity index (χ3v) is 3.60. The Balaban J connectivity index is 1.93. The Morgan fingerprint density at radius 1 is 1.21 bits per heavy atom. The minimum Gasteiger partial charge on any atom is -0.328 e. The van der Waals surface area contributed by atoms with Crippen LogP contribution in [-0.4, -0.2) is 16.0 Å². The average molecular weight is 253 g/mol. The molecule has 0 aliphatic heterocycles. The van der Waals surface area contributed by atoms with E-state index >= 15 is 0 Å². The van der Waals surface area contributed by atoms with E-state index in [4.69, 9.17) is 5.73 Å². The summed E-state index contributed by atoms with van der Waals surface area (Å²) >= 11 is 0. The monoisotopic (exact) mass is 253 g/mol. The van der Waals surface area contributed by atoms with Gasteiger partial charge in [0, 0.05) is 24.2 Å². The third-order valence-electron chi connectivity index (χ3n) is 3.60. The van der Waals surface area contributed by atoms with Crippen LogP contribution in [0.3, 0.4) is 0 Å². The minimum atomic E-state index is 0.0928. The lowest BCUT2D eigenvalue weighted by Crippen LogP contribution is -2.19. The summed E-state index contributed by atoms with van der Waals surface area (Å²) in [4.78, 5) is 8.90. The lowest BCUT2D eigenvalue weighted by atomic mass is 10.0. The van der Waals surface area contributed by atoms with E-state index in [1.54, 1.807) is 0 Å². The van der Waals surface area contributed by atoms with E-state index in [0.29, 0.717) is 0 Å². The van der Waals surface area contributed by atoms with E-state index in [1.807, 2.05) is 19.2 Å². The number of rotatable bonds is 3. The van der Waals surface area contributed by atoms with Gasteiger partial charge in [0.05, 0.1) is 5.69 Å². The SMILES string of the molecule is CC(N)Cc1nccc(-c2ccc3c(c2)CCC3)n1. The number of aryl methyl sites for hydroxylation is 2. The van der Waals surface area contributed by atoms with E-state index < -0.39 is 0 Å². The summed E-state index contributed by atoms with van der Waals surface area (Å²) in [6.45, 7) is 1.98. The first-order valence-corrected chi connectivity index (χ1v) is 6.92. The Kier molecular flexibility index (Phi) is 3.30. The Morgan fingerprint density at radius 3 is 2.89 bits per heavy atom. The van der Waals surface area contributed by atoms with Crippen LogP contribution in [0.1, 0.15) is 30.3 Å². The van der Waals surface area contributed by atoms with E-state index in [1.165, 1.54) is 36.0 Å². The molecule has 0 radical (unpaired) electrons. The summed E-state index contributed by atoms with van der Waals surface area (Å²) in [5.74, 6) is 0.827. The molecule has 0 saturated heterocycles. The van der Waals surface area contributed by atoms with Gasteiger partial charge in [0.25, 0.3) is 0 Å². The van der Waals surface area contributed by atoms with Crippen molar-refractivity contribution in [1.82, 2.24) is 9.97 Å². The molecule has 98 valence electrons. The van der Waals surface area contributed by atoms with Crippen LogP contribution in [-0.2, 0) is 19.3 Å². The number of nitrogens with zero attached hydrogens (tertiary/aromatic N) is 2. The van der Waals surface area contributed by atoms with Gasteiger partial charge in [-0.3, -0.25) is 0 Å². The van der Waals surface area contributed by atoms with Gasteiger partial charge in [0.15, 0.2) is 0 Å². The summed E-state index contributed by atoms with van der Waals surface area (Å²) in [6.07, 6.45) is 6.24. The number of nitrogens with two attached hydrogens (primary N) is 1. The van der Waals surface area contributed by atoms with E-state index in [0.717, 1.165) is 17.9 Å². The lowest BCUT2D eigenvalue weighted by molar-refractivity contribution is 0.702. The van der Waals surface area contributed by atoms with Gasteiger partial charge < -0.3 is 5.73 Å². The van der Waals surface area contributed by atoms with E-state index in [-0.39, 0.29) is 6.04 Å². The predicted octanol–water partition coefficient (Wildman–Crippen LogP) is 2.52. The molecule has 19 heavy (non-hydrogen) atoms. The first kappa shape index (κ1) is 12.3. The summed E-state index contributed by atoms with van der Waals surface area (Å²) in [6, 6.07) is 8.75. The van der Waals surface area contributed by atoms with Crippen LogP contribution in [0.4, 0.5) is 0 Å². The van der Waals surface area contributed by atoms with E-state index in [2.05, 4.69) is 28.2 Å². The molecule has 3 rings (SSSR count). The summed E-state index contributed by atoms with van der Waals surface area (Å²) < 4.78 is 0. The van der Waals surface area contributed by atoms with Crippen molar-refractivity contribution in [3.8, 4) is 11.3 Å². The fourth-order valence-electron chi connectivity index (χ4n) is 2.68. The lowest BCUT2D eigenvalue weighted by Gasteiger charge is -2.07. The topological polar surface area (TPSA) is 51.8 Å². The number of benzene rings is 1. The van der Waals surface area contributed by atoms with Gasteiger partial charge in [0.1, 0.15) is 5.82 Å². The van der Waals surface area contributed by atoms with Crippen LogP contribution in [0, 0.1) is 0 Å². The Hall–Kier alpha value is -1.74. The van der Waals surface area contributed by atoms with E-state index in [9.17, 15) is 0 Å². The molecule has 1 aliphatic carbocycles. The molecule has 0 spiro atoms. The molecule has 1 aromatic carbocycles. The molecule has 2 N–H and O–H groups in total. The molecule has 1 aromatic heterocycles. The number of aromatic nitrogens is 2. The molecule has 0 saturated carbocycles. The second-order valence-corrected chi connectivity index (χ2v) is 5.38. The maximum absolute atomic E-state index is 5.81. The fraction of sp³-hybridized carbons (Fsp3) is 0.375. The zero-order chi connectivity index (χ0) is 13.2. The fourth-order valence-corrected chi connectivity index (χ4v) is 2.68. The molecule has 1 heterocycles. The van der Waals surface area contributed by atoms with Gasteiger partial charge in [-0.25, -0.2) is 9.97 Å². The molecule has 0 bridgehead atoms. The highest BCUT2D eigenvalue weighted by molar-refractivity contribution is 5.61. The van der Waals surface area contributed by atoms with Gasteiger partial charge in [-0.15, -0.1) is 0 Å². The quantitative estimate of drug-likeness (QED) is 0.914. The standard InChI is InChI=1S/C16H19N3/c1-11(17)9-16-18-8-7-15(19-16)14-6-5-12-3-2-4-13(12)10-14/h5-8,10-11H,2-4,9,17H2,1H3. The molecule has 1 atom stereocenters. The molecule has 3 heteroatoms. The van der Waals surface area contributed by atoms with Gasteiger partial charge in [-0.05, 0) is 49.4 Å². The maximum Gasteiger partial charge on any atom is 0.130 e. The summed E-state index contributed by atoms with van der Waals surface area (Å²) in [5.41, 5.74) is 11.0. The number of hydrogen-bond donors (Lipinski definition) is 1. The zero-order valence-electron chi connectivity index (χ0n) is 11.3. The van der Waals surface area contributed by atoms with Crippen molar-refractivity contribution in [2.45, 2.75) is 38.6 Å². The third kappa shape index (κ3) is 2.66. The first-order chi connectivity index (χ1) is 9.22. The largest absolute Gasteiger partial charge is 0.328 e. The molecule has 1 aliphatic rings. The Labute approximate surface area is 113 Å². The van der Waals surface area contributed by atoms with Crippen LogP contribution < -0.4 is 5.73 Å². The zero-order valence-corrected chi connectivity index (χ0v) is 11.3. The summed E-state index contributed by atoms with van der Waals surface area (Å²) in [7, 11) is 0. The summed E-state index contributed by atoms with van der Waals surface area (Å²) in [5, 5.41) is 0. The molecular formula is C16H19N3. The van der Waals surface area contributed by atoms with Crippen molar-refractivity contribution >= 4 is 0 Å². The molecule has 0 fully saturated rings. The average Bonchev–Trinajstić information content (AvgIpc) is 2.85. The van der Waals surface area contributed by atoms with Crippen molar-refractivity contribution in [2.24, 2.45) is 5.73 Å². The van der Waals surface area contributed by atoms with Gasteiger partial charge in [-0.2, -0.15) is 0 Å². The van der Waals surface area contributed by atoms with Crippen LogP contribution in [0.15, 0.2) is 30.5 Å². The Morgan fingerprint density at radius 2 is 2.05 bits per heavy atom. The number of fused-ring (bicyclic) bond motifs is 1. The second-order valence-electron chi connectivity index (χ2n) is 5.38. The number of hydrogen-bond acceptors (Lipinski definition) is 3. The molecule has 1 unspecified atom stereocenters. The van der Waals surface area contributed by atoms with Crippen molar-refractivity contribution in [3.63, 3.8) is 0 Å². The van der Waals surface area contributed by atoms with Crippen LogP contribution in [0.25, 0.3) is 11.3 Å². The maximum atomic E-state index is 5.81.